The van der Waals surface area contributed by atoms with Crippen molar-refractivity contribution in [1.29, 1.82) is 0 Å². The molecule has 0 radical (unpaired) electrons. The van der Waals surface area contributed by atoms with Crippen LogP contribution in [0.1, 0.15) is 11.3 Å². The van der Waals surface area contributed by atoms with Crippen LogP contribution in [0, 0.1) is 0 Å². The van der Waals surface area contributed by atoms with Crippen molar-refractivity contribution < 1.29 is 9.59 Å². The van der Waals surface area contributed by atoms with Crippen LogP contribution in [0.5, 0.6) is 0 Å². The monoisotopic (exact) mass is 417 g/mol. The maximum absolute atomic E-state index is 12.5. The van der Waals surface area contributed by atoms with Gasteiger partial charge in [0, 0.05) is 49.0 Å². The predicted octanol–water partition coefficient (Wildman–Crippen LogP) is 2.65. The highest BCUT2D eigenvalue weighted by molar-refractivity contribution is 7.15. The lowest BCUT2D eigenvalue weighted by atomic mass is 10.1. The number of thiazole rings is 1. The summed E-state index contributed by atoms with van der Waals surface area (Å²) >= 11 is 7.44. The van der Waals surface area contributed by atoms with Crippen molar-refractivity contribution in [2.45, 2.75) is 13.0 Å². The van der Waals surface area contributed by atoms with Crippen LogP contribution in [-0.2, 0) is 17.8 Å². The van der Waals surface area contributed by atoms with E-state index in [0.717, 1.165) is 16.2 Å². The normalized spacial score (nSPS) is 14.5. The Bertz CT molecular complexity index is 947. The zero-order chi connectivity index (χ0) is 19.5. The van der Waals surface area contributed by atoms with Gasteiger partial charge in [-0.15, -0.1) is 11.3 Å². The Morgan fingerprint density at radius 2 is 1.82 bits per heavy atom. The van der Waals surface area contributed by atoms with Gasteiger partial charge in [-0.05, 0) is 17.7 Å². The van der Waals surface area contributed by atoms with Crippen LogP contribution in [0.2, 0.25) is 5.02 Å². The highest BCUT2D eigenvalue weighted by atomic mass is 35.5. The Morgan fingerprint density at radius 1 is 1.11 bits per heavy atom. The number of nitrogens with zero attached hydrogens (tertiary/aromatic N) is 4. The van der Waals surface area contributed by atoms with E-state index in [4.69, 9.17) is 11.6 Å². The number of amides is 3. The molecule has 3 heterocycles. The summed E-state index contributed by atoms with van der Waals surface area (Å²) in [5.41, 5.74) is 1.77. The highest BCUT2D eigenvalue weighted by Gasteiger charge is 2.24. The molecule has 9 heteroatoms. The molecule has 4 rings (SSSR count). The third kappa shape index (κ3) is 4.28. The minimum atomic E-state index is -0.124. The standard InChI is InChI=1S/C19H20ClN5O2S/c20-15-3-1-14(2-4-15)11-17(26)23-5-7-24(8-6-23)18(27)21-12-16-13-25-9-10-28-19(25)22-16/h1-4,9-10,13H,5-8,11-12H2,(H,21,27). The van der Waals surface area contributed by atoms with Crippen molar-refractivity contribution in [3.05, 3.63) is 58.3 Å². The van der Waals surface area contributed by atoms with Gasteiger partial charge in [-0.1, -0.05) is 23.7 Å². The number of nitrogens with one attached hydrogen (secondary N) is 1. The number of hydrogen-bond donors (Lipinski definition) is 1. The summed E-state index contributed by atoms with van der Waals surface area (Å²) in [6.07, 6.45) is 4.21. The van der Waals surface area contributed by atoms with Crippen LogP contribution in [0.3, 0.4) is 0 Å². The van der Waals surface area contributed by atoms with Gasteiger partial charge < -0.3 is 15.1 Å². The van der Waals surface area contributed by atoms with Crippen LogP contribution in [0.25, 0.3) is 4.96 Å². The number of rotatable bonds is 4. The maximum atomic E-state index is 12.5. The van der Waals surface area contributed by atoms with Gasteiger partial charge in [0.1, 0.15) is 0 Å². The van der Waals surface area contributed by atoms with E-state index < -0.39 is 0 Å². The Labute approximate surface area is 171 Å². The lowest BCUT2D eigenvalue weighted by molar-refractivity contribution is -0.131. The number of urea groups is 1. The third-order valence-electron chi connectivity index (χ3n) is 4.75. The van der Waals surface area contributed by atoms with Crippen molar-refractivity contribution in [2.75, 3.05) is 26.2 Å². The van der Waals surface area contributed by atoms with E-state index in [1.165, 1.54) is 0 Å². The highest BCUT2D eigenvalue weighted by Crippen LogP contribution is 2.13. The molecule has 1 aliphatic heterocycles. The van der Waals surface area contributed by atoms with Crippen LogP contribution in [-0.4, -0.2) is 57.3 Å². The summed E-state index contributed by atoms with van der Waals surface area (Å²) < 4.78 is 1.94. The average molecular weight is 418 g/mol. The zero-order valence-electron chi connectivity index (χ0n) is 15.2. The Morgan fingerprint density at radius 3 is 2.54 bits per heavy atom. The number of imidazole rings is 1. The predicted molar refractivity (Wildman–Crippen MR) is 109 cm³/mol. The first-order valence-corrected chi connectivity index (χ1v) is 10.3. The molecule has 3 amide bonds. The Hall–Kier alpha value is -2.58. The molecule has 1 aliphatic rings. The average Bonchev–Trinajstić information content (AvgIpc) is 3.30. The van der Waals surface area contributed by atoms with Gasteiger partial charge in [-0.2, -0.15) is 0 Å². The number of benzene rings is 1. The number of hydrogen-bond acceptors (Lipinski definition) is 4. The summed E-state index contributed by atoms with van der Waals surface area (Å²) in [5, 5.41) is 5.54. The molecule has 146 valence electrons. The van der Waals surface area contributed by atoms with E-state index in [1.807, 2.05) is 39.2 Å². The molecule has 7 nitrogen and oxygen atoms in total. The Balaban J connectivity index is 1.23. The molecule has 1 saturated heterocycles. The molecule has 1 fully saturated rings. The molecule has 0 saturated carbocycles. The SMILES string of the molecule is O=C(Cc1ccc(Cl)cc1)N1CCN(C(=O)NCc2cn3ccsc3n2)CC1. The first-order valence-electron chi connectivity index (χ1n) is 9.04. The number of fused-ring (bicyclic) bond motifs is 1. The fraction of sp³-hybridized carbons (Fsp3) is 0.316. The summed E-state index contributed by atoms with van der Waals surface area (Å²) in [7, 11) is 0. The zero-order valence-corrected chi connectivity index (χ0v) is 16.7. The molecule has 28 heavy (non-hydrogen) atoms. The third-order valence-corrected chi connectivity index (χ3v) is 5.77. The smallest absolute Gasteiger partial charge is 0.317 e. The summed E-state index contributed by atoms with van der Waals surface area (Å²) in [6.45, 7) is 2.52. The lowest BCUT2D eigenvalue weighted by Crippen LogP contribution is -2.53. The van der Waals surface area contributed by atoms with Crippen LogP contribution >= 0.6 is 22.9 Å². The summed E-state index contributed by atoms with van der Waals surface area (Å²) in [6, 6.07) is 7.18. The molecule has 0 spiro atoms. The van der Waals surface area contributed by atoms with Gasteiger partial charge in [-0.25, -0.2) is 9.78 Å². The van der Waals surface area contributed by atoms with Gasteiger partial charge in [0.2, 0.25) is 5.91 Å². The van der Waals surface area contributed by atoms with Crippen molar-refractivity contribution in [3.63, 3.8) is 0 Å². The summed E-state index contributed by atoms with van der Waals surface area (Å²) in [5.74, 6) is 0.0699. The molecule has 0 aliphatic carbocycles. The molecule has 0 unspecified atom stereocenters. The number of halogens is 1. The minimum absolute atomic E-state index is 0.0699. The molecule has 2 aromatic heterocycles. The molecular weight excluding hydrogens is 398 g/mol. The van der Waals surface area contributed by atoms with Gasteiger partial charge >= 0.3 is 6.03 Å². The largest absolute Gasteiger partial charge is 0.339 e. The maximum Gasteiger partial charge on any atom is 0.317 e. The first-order chi connectivity index (χ1) is 13.6. The van der Waals surface area contributed by atoms with Crippen molar-refractivity contribution in [1.82, 2.24) is 24.5 Å². The van der Waals surface area contributed by atoms with E-state index in [2.05, 4.69) is 10.3 Å². The molecule has 1 N–H and O–H groups in total. The van der Waals surface area contributed by atoms with E-state index in [0.29, 0.717) is 44.2 Å². The lowest BCUT2D eigenvalue weighted by Gasteiger charge is -2.34. The quantitative estimate of drug-likeness (QED) is 0.709. The van der Waals surface area contributed by atoms with Crippen molar-refractivity contribution >= 4 is 39.8 Å². The number of aromatic nitrogens is 2. The van der Waals surface area contributed by atoms with Gasteiger partial charge in [0.15, 0.2) is 4.96 Å². The first kappa shape index (κ1) is 18.8. The van der Waals surface area contributed by atoms with E-state index in [-0.39, 0.29) is 11.9 Å². The number of carbonyl (C=O) groups excluding carboxylic acids is 2. The minimum Gasteiger partial charge on any atom is -0.339 e. The Kier molecular flexibility index (Phi) is 5.50. The van der Waals surface area contributed by atoms with E-state index in [1.54, 1.807) is 28.4 Å². The fourth-order valence-electron chi connectivity index (χ4n) is 3.19. The van der Waals surface area contributed by atoms with Gasteiger partial charge in [0.05, 0.1) is 18.7 Å². The molecule has 1 aromatic carbocycles. The molecule has 0 bridgehead atoms. The second-order valence-corrected chi connectivity index (χ2v) is 7.96. The van der Waals surface area contributed by atoms with Crippen LogP contribution in [0.4, 0.5) is 4.79 Å². The van der Waals surface area contributed by atoms with Crippen molar-refractivity contribution in [2.24, 2.45) is 0 Å². The molecular formula is C19H20ClN5O2S. The number of piperazine rings is 1. The van der Waals surface area contributed by atoms with Crippen LogP contribution in [0.15, 0.2) is 42.0 Å². The second-order valence-electron chi connectivity index (χ2n) is 6.65. The van der Waals surface area contributed by atoms with Gasteiger partial charge in [0.25, 0.3) is 0 Å². The van der Waals surface area contributed by atoms with E-state index in [9.17, 15) is 9.59 Å². The van der Waals surface area contributed by atoms with Crippen LogP contribution < -0.4 is 5.32 Å². The molecule has 3 aromatic rings. The number of carbonyl (C=O) groups is 2. The summed E-state index contributed by atoms with van der Waals surface area (Å²) in [4.78, 5) is 33.8. The van der Waals surface area contributed by atoms with E-state index >= 15 is 0 Å². The molecule has 0 atom stereocenters. The topological polar surface area (TPSA) is 70.0 Å². The fourth-order valence-corrected chi connectivity index (χ4v) is 4.03. The second kappa shape index (κ2) is 8.20. The van der Waals surface area contributed by atoms with Crippen molar-refractivity contribution in [3.8, 4) is 0 Å². The van der Waals surface area contributed by atoms with Gasteiger partial charge in [-0.3, -0.25) is 9.20 Å².